The number of methoxy groups -OCH3 is 1. The van der Waals surface area contributed by atoms with Crippen molar-refractivity contribution in [1.29, 1.82) is 0 Å². The molecule has 0 amide bonds. The van der Waals surface area contributed by atoms with E-state index in [1.165, 1.54) is 10.5 Å². The van der Waals surface area contributed by atoms with Crippen LogP contribution in [0.2, 0.25) is 0 Å². The van der Waals surface area contributed by atoms with Crippen molar-refractivity contribution in [3.8, 4) is 5.75 Å². The summed E-state index contributed by atoms with van der Waals surface area (Å²) in [5.41, 5.74) is 2.64. The van der Waals surface area contributed by atoms with E-state index in [0.29, 0.717) is 11.6 Å². The molecule has 0 bridgehead atoms. The monoisotopic (exact) mass is 404 g/mol. The van der Waals surface area contributed by atoms with Crippen molar-refractivity contribution in [2.24, 2.45) is 0 Å². The number of benzene rings is 3. The molecule has 3 aromatic carbocycles. The van der Waals surface area contributed by atoms with E-state index < -0.39 is 0 Å². The normalized spacial score (nSPS) is 12.5. The number of likely N-dealkylation sites (N-methyl/N-ethyl adjacent to an activating group) is 1. The van der Waals surface area contributed by atoms with E-state index in [2.05, 4.69) is 43.7 Å². The highest BCUT2D eigenvalue weighted by Gasteiger charge is 2.20. The van der Waals surface area contributed by atoms with E-state index >= 15 is 0 Å². The molecule has 1 atom stereocenters. The van der Waals surface area contributed by atoms with E-state index in [1.807, 2.05) is 36.4 Å². The van der Waals surface area contributed by atoms with Crippen molar-refractivity contribution in [1.82, 2.24) is 0 Å². The third kappa shape index (κ3) is 4.08. The zero-order chi connectivity index (χ0) is 21.1. The van der Waals surface area contributed by atoms with Crippen LogP contribution in [0.25, 0.3) is 21.7 Å². The Morgan fingerprint density at radius 2 is 1.80 bits per heavy atom. The van der Waals surface area contributed by atoms with Crippen molar-refractivity contribution in [2.75, 3.05) is 27.7 Å². The van der Waals surface area contributed by atoms with Gasteiger partial charge in [0.1, 0.15) is 24.4 Å². The Bertz CT molecular complexity index is 1210. The number of ether oxygens (including phenoxy) is 1. The largest absolute Gasteiger partial charge is 0.497 e. The van der Waals surface area contributed by atoms with Crippen LogP contribution in [0.15, 0.2) is 75.9 Å². The molecule has 0 aliphatic rings. The zero-order valence-electron chi connectivity index (χ0n) is 17.6. The van der Waals surface area contributed by atoms with E-state index in [1.54, 1.807) is 13.2 Å². The van der Waals surface area contributed by atoms with E-state index in [9.17, 15) is 4.79 Å². The Morgan fingerprint density at radius 1 is 1.03 bits per heavy atom. The van der Waals surface area contributed by atoms with Crippen molar-refractivity contribution >= 4 is 21.7 Å². The summed E-state index contributed by atoms with van der Waals surface area (Å²) in [4.78, 5) is 13.5. The van der Waals surface area contributed by atoms with Gasteiger partial charge in [0.25, 0.3) is 0 Å². The molecule has 154 valence electrons. The number of rotatable bonds is 7. The lowest BCUT2D eigenvalue weighted by Gasteiger charge is -2.21. The van der Waals surface area contributed by atoms with Gasteiger partial charge in [0, 0.05) is 22.6 Å². The maximum Gasteiger partial charge on any atom is 0.336 e. The van der Waals surface area contributed by atoms with Gasteiger partial charge in [-0.1, -0.05) is 30.3 Å². The molecule has 30 heavy (non-hydrogen) atoms. The van der Waals surface area contributed by atoms with Crippen LogP contribution >= 0.6 is 0 Å². The van der Waals surface area contributed by atoms with Crippen LogP contribution in [0, 0.1) is 0 Å². The lowest BCUT2D eigenvalue weighted by molar-refractivity contribution is -0.910. The second-order valence-corrected chi connectivity index (χ2v) is 7.88. The minimum Gasteiger partial charge on any atom is -0.497 e. The predicted octanol–water partition coefficient (Wildman–Crippen LogP) is 1.90. The SMILES string of the molecule is COc1ccc([C@H](C[NH2+]Cc2cc(=O)oc3ccc4ccccc4c23)[NH+](C)C)cc1. The van der Waals surface area contributed by atoms with Crippen LogP contribution in [-0.4, -0.2) is 27.7 Å². The first-order valence-corrected chi connectivity index (χ1v) is 10.3. The molecule has 1 heterocycles. The third-order valence-corrected chi connectivity index (χ3v) is 5.70. The molecule has 0 saturated carbocycles. The maximum atomic E-state index is 12.1. The molecular formula is C25H28N2O3+2. The summed E-state index contributed by atoms with van der Waals surface area (Å²) < 4.78 is 10.8. The summed E-state index contributed by atoms with van der Waals surface area (Å²) in [6.07, 6.45) is 0. The molecule has 4 rings (SSSR count). The Balaban J connectivity index is 1.60. The number of hydrogen-bond donors (Lipinski definition) is 2. The first-order chi connectivity index (χ1) is 14.6. The van der Waals surface area contributed by atoms with Crippen LogP contribution in [-0.2, 0) is 6.54 Å². The molecule has 4 aromatic rings. The lowest BCUT2D eigenvalue weighted by Crippen LogP contribution is -3.09. The van der Waals surface area contributed by atoms with Gasteiger partial charge in [0.15, 0.2) is 6.04 Å². The minimum atomic E-state index is -0.300. The van der Waals surface area contributed by atoms with Crippen LogP contribution in [0.5, 0.6) is 5.75 Å². The average Bonchev–Trinajstić information content (AvgIpc) is 2.76. The van der Waals surface area contributed by atoms with Gasteiger partial charge in [-0.25, -0.2) is 4.79 Å². The number of hydrogen-bond acceptors (Lipinski definition) is 3. The highest BCUT2D eigenvalue weighted by atomic mass is 16.5. The second-order valence-electron chi connectivity index (χ2n) is 7.88. The van der Waals surface area contributed by atoms with Crippen molar-refractivity contribution in [3.05, 3.63) is 88.3 Å². The maximum absolute atomic E-state index is 12.1. The van der Waals surface area contributed by atoms with Gasteiger partial charge in [0.05, 0.1) is 21.2 Å². The average molecular weight is 405 g/mol. The summed E-state index contributed by atoms with van der Waals surface area (Å²) in [6, 6.07) is 22.4. The summed E-state index contributed by atoms with van der Waals surface area (Å²) in [5, 5.41) is 5.57. The van der Waals surface area contributed by atoms with E-state index in [4.69, 9.17) is 9.15 Å². The molecule has 0 spiro atoms. The molecule has 5 heteroatoms. The van der Waals surface area contributed by atoms with Gasteiger partial charge in [-0.15, -0.1) is 0 Å². The Labute approximate surface area is 175 Å². The van der Waals surface area contributed by atoms with Crippen molar-refractivity contribution in [2.45, 2.75) is 12.6 Å². The Kier molecular flexibility index (Phi) is 5.84. The lowest BCUT2D eigenvalue weighted by atomic mass is 10.0. The molecule has 0 unspecified atom stereocenters. The first-order valence-electron chi connectivity index (χ1n) is 10.3. The zero-order valence-corrected chi connectivity index (χ0v) is 17.6. The number of fused-ring (bicyclic) bond motifs is 3. The predicted molar refractivity (Wildman–Crippen MR) is 119 cm³/mol. The number of nitrogens with two attached hydrogens (primary N) is 1. The summed E-state index contributed by atoms with van der Waals surface area (Å²) in [7, 11) is 6.02. The van der Waals surface area contributed by atoms with E-state index in [-0.39, 0.29) is 5.63 Å². The standard InChI is InChI=1S/C25H26N2O3/c1-27(2)22(18-8-11-20(29-3)12-9-18)16-26-15-19-14-24(28)30-23-13-10-17-6-4-5-7-21(17)25(19)23/h4-14,22,26H,15-16H2,1-3H3/p+2/t22-/m0/s1. The molecule has 0 radical (unpaired) electrons. The smallest absolute Gasteiger partial charge is 0.336 e. The summed E-state index contributed by atoms with van der Waals surface area (Å²) >= 11 is 0. The molecule has 1 aromatic heterocycles. The van der Waals surface area contributed by atoms with Gasteiger partial charge in [0.2, 0.25) is 0 Å². The fraction of sp³-hybridized carbons (Fsp3) is 0.240. The fourth-order valence-electron chi connectivity index (χ4n) is 4.13. The van der Waals surface area contributed by atoms with Crippen LogP contribution < -0.4 is 20.6 Å². The highest BCUT2D eigenvalue weighted by molar-refractivity contribution is 6.06. The highest BCUT2D eigenvalue weighted by Crippen LogP contribution is 2.27. The topological polar surface area (TPSA) is 60.5 Å². The molecule has 0 aliphatic carbocycles. The summed E-state index contributed by atoms with van der Waals surface area (Å²) in [5.74, 6) is 0.865. The number of nitrogens with one attached hydrogen (secondary N) is 1. The van der Waals surface area contributed by atoms with Crippen LogP contribution in [0.4, 0.5) is 0 Å². The third-order valence-electron chi connectivity index (χ3n) is 5.70. The Hall–Kier alpha value is -3.15. The summed E-state index contributed by atoms with van der Waals surface area (Å²) in [6.45, 7) is 1.62. The first kappa shape index (κ1) is 20.1. The van der Waals surface area contributed by atoms with Gasteiger partial charge in [-0.3, -0.25) is 0 Å². The van der Waals surface area contributed by atoms with E-state index in [0.717, 1.165) is 40.6 Å². The molecule has 5 nitrogen and oxygen atoms in total. The van der Waals surface area contributed by atoms with Crippen LogP contribution in [0.1, 0.15) is 17.2 Å². The minimum absolute atomic E-state index is 0.300. The fourth-order valence-corrected chi connectivity index (χ4v) is 4.13. The molecule has 0 aliphatic heterocycles. The van der Waals surface area contributed by atoms with Gasteiger partial charge in [-0.2, -0.15) is 0 Å². The Morgan fingerprint density at radius 3 is 2.53 bits per heavy atom. The van der Waals surface area contributed by atoms with Gasteiger partial charge in [-0.05, 0) is 41.1 Å². The molecule has 0 fully saturated rings. The second kappa shape index (κ2) is 8.69. The van der Waals surface area contributed by atoms with Crippen LogP contribution in [0.3, 0.4) is 0 Å². The van der Waals surface area contributed by atoms with Crippen molar-refractivity contribution < 1.29 is 19.4 Å². The molecule has 3 N–H and O–H groups in total. The van der Waals surface area contributed by atoms with Gasteiger partial charge >= 0.3 is 5.63 Å². The quantitative estimate of drug-likeness (QED) is 0.365. The number of quaternary nitrogens is 2. The van der Waals surface area contributed by atoms with Crippen molar-refractivity contribution in [3.63, 3.8) is 0 Å². The molecule has 0 saturated heterocycles. The van der Waals surface area contributed by atoms with Gasteiger partial charge < -0.3 is 19.4 Å². The molecular weight excluding hydrogens is 376 g/mol.